The first-order chi connectivity index (χ1) is 19.0. The van der Waals surface area contributed by atoms with Gasteiger partial charge in [-0.1, -0.05) is 12.1 Å². The van der Waals surface area contributed by atoms with Crippen LogP contribution in [0.2, 0.25) is 0 Å². The quantitative estimate of drug-likeness (QED) is 0.398. The lowest BCUT2D eigenvalue weighted by molar-refractivity contribution is -0.138. The van der Waals surface area contributed by atoms with Crippen LogP contribution in [0.3, 0.4) is 0 Å². The zero-order valence-electron chi connectivity index (χ0n) is 23.0. The molecule has 40 heavy (non-hydrogen) atoms. The smallest absolute Gasteiger partial charge is 0.378 e. The number of nitrogens with zero attached hydrogens (tertiary/aromatic N) is 4. The van der Waals surface area contributed by atoms with Crippen LogP contribution < -0.4 is 10.2 Å². The van der Waals surface area contributed by atoms with Crippen LogP contribution in [0.4, 0.5) is 18.9 Å². The molecule has 0 unspecified atom stereocenters. The van der Waals surface area contributed by atoms with E-state index < -0.39 is 23.1 Å². The van der Waals surface area contributed by atoms with Crippen molar-refractivity contribution >= 4 is 11.6 Å². The van der Waals surface area contributed by atoms with Gasteiger partial charge in [0, 0.05) is 37.0 Å². The Kier molecular flexibility index (Phi) is 6.53. The zero-order chi connectivity index (χ0) is 28.3. The lowest BCUT2D eigenvalue weighted by Crippen LogP contribution is -2.48. The second kappa shape index (κ2) is 9.69. The monoisotopic (exact) mass is 553 g/mol. The molecule has 0 saturated heterocycles. The van der Waals surface area contributed by atoms with Crippen LogP contribution in [0, 0.1) is 0 Å². The molecule has 6 rings (SSSR count). The van der Waals surface area contributed by atoms with Gasteiger partial charge in [-0.25, -0.2) is 0 Å². The maximum atomic E-state index is 14.2. The van der Waals surface area contributed by atoms with Gasteiger partial charge in [-0.2, -0.15) is 13.2 Å². The summed E-state index contributed by atoms with van der Waals surface area (Å²) in [7, 11) is 1.89. The SMILES string of the molecule is CCO[C@H]1C[C@@](c2cccc(N3Cc4c(cc(CNC5(C)CCC5)cc4C(F)(F)F)C3=O)c2)(c2nncn2C)C1. The number of alkyl halides is 3. The molecule has 2 aromatic carbocycles. The second-order valence-corrected chi connectivity index (χ2v) is 11.7. The molecule has 2 aliphatic carbocycles. The maximum Gasteiger partial charge on any atom is 0.416 e. The summed E-state index contributed by atoms with van der Waals surface area (Å²) >= 11 is 0. The van der Waals surface area contributed by atoms with Crippen LogP contribution in [-0.4, -0.2) is 38.9 Å². The van der Waals surface area contributed by atoms with E-state index in [-0.39, 0.29) is 35.9 Å². The van der Waals surface area contributed by atoms with Crippen LogP contribution in [0.15, 0.2) is 42.7 Å². The number of amides is 1. The van der Waals surface area contributed by atoms with Crippen LogP contribution in [0.5, 0.6) is 0 Å². The van der Waals surface area contributed by atoms with E-state index in [9.17, 15) is 18.0 Å². The number of carbonyl (C=O) groups excluding carboxylic acids is 1. The third kappa shape index (κ3) is 4.51. The number of hydrogen-bond donors (Lipinski definition) is 1. The largest absolute Gasteiger partial charge is 0.416 e. The number of ether oxygens (including phenoxy) is 1. The van der Waals surface area contributed by atoms with Crippen LogP contribution >= 0.6 is 0 Å². The molecule has 212 valence electrons. The van der Waals surface area contributed by atoms with Crippen molar-refractivity contribution in [2.45, 2.75) is 82.3 Å². The number of aryl methyl sites for hydroxylation is 1. The predicted octanol–water partition coefficient (Wildman–Crippen LogP) is 5.51. The Morgan fingerprint density at radius 2 is 1.95 bits per heavy atom. The van der Waals surface area contributed by atoms with Crippen molar-refractivity contribution in [1.29, 1.82) is 0 Å². The molecule has 2 saturated carbocycles. The van der Waals surface area contributed by atoms with E-state index in [0.717, 1.165) is 30.7 Å². The lowest BCUT2D eigenvalue weighted by Gasteiger charge is -2.47. The summed E-state index contributed by atoms with van der Waals surface area (Å²) in [5.74, 6) is 0.385. The maximum absolute atomic E-state index is 14.2. The number of anilines is 1. The van der Waals surface area contributed by atoms with Gasteiger partial charge in [0.1, 0.15) is 12.2 Å². The Hall–Kier alpha value is -3.24. The van der Waals surface area contributed by atoms with Gasteiger partial charge in [-0.3, -0.25) is 4.79 Å². The minimum absolute atomic E-state index is 0.0320. The summed E-state index contributed by atoms with van der Waals surface area (Å²) in [5, 5.41) is 11.9. The van der Waals surface area contributed by atoms with Gasteiger partial charge in [-0.05, 0) is 86.9 Å². The Bertz CT molecular complexity index is 1440. The summed E-state index contributed by atoms with van der Waals surface area (Å²) in [5.41, 5.74) is 0.885. The molecule has 0 radical (unpaired) electrons. The molecule has 2 heterocycles. The number of aromatic nitrogens is 3. The molecular formula is C30H34F3N5O2. The van der Waals surface area contributed by atoms with Crippen molar-refractivity contribution < 1.29 is 22.7 Å². The molecule has 3 aliphatic rings. The second-order valence-electron chi connectivity index (χ2n) is 11.7. The summed E-state index contributed by atoms with van der Waals surface area (Å²) in [6, 6.07) is 10.4. The summed E-state index contributed by atoms with van der Waals surface area (Å²) in [4.78, 5) is 15.1. The molecule has 1 aliphatic heterocycles. The third-order valence-corrected chi connectivity index (χ3v) is 8.99. The first kappa shape index (κ1) is 27.0. The van der Waals surface area contributed by atoms with E-state index in [0.29, 0.717) is 30.7 Å². The number of rotatable bonds is 8. The highest BCUT2D eigenvalue weighted by atomic mass is 19.4. The van der Waals surface area contributed by atoms with Crippen molar-refractivity contribution in [3.63, 3.8) is 0 Å². The molecule has 2 fully saturated rings. The molecule has 0 atom stereocenters. The molecule has 1 amide bonds. The number of benzene rings is 2. The van der Waals surface area contributed by atoms with Gasteiger partial charge >= 0.3 is 6.18 Å². The fraction of sp³-hybridized carbons (Fsp3) is 0.500. The van der Waals surface area contributed by atoms with Crippen LogP contribution in [-0.2, 0) is 36.5 Å². The molecule has 3 aromatic rings. The molecule has 0 bridgehead atoms. The minimum atomic E-state index is -4.56. The van der Waals surface area contributed by atoms with E-state index in [4.69, 9.17) is 4.74 Å². The number of carbonyl (C=O) groups is 1. The number of hydrogen-bond acceptors (Lipinski definition) is 5. The third-order valence-electron chi connectivity index (χ3n) is 8.99. The average molecular weight is 554 g/mol. The first-order valence-corrected chi connectivity index (χ1v) is 13.9. The van der Waals surface area contributed by atoms with Crippen molar-refractivity contribution in [2.75, 3.05) is 11.5 Å². The summed E-state index contributed by atoms with van der Waals surface area (Å²) in [6.45, 7) is 4.82. The van der Waals surface area contributed by atoms with Crippen molar-refractivity contribution in [3.05, 3.63) is 76.4 Å². The summed E-state index contributed by atoms with van der Waals surface area (Å²) < 4.78 is 50.4. The van der Waals surface area contributed by atoms with E-state index >= 15 is 0 Å². The average Bonchev–Trinajstić information content (AvgIpc) is 3.45. The Morgan fingerprint density at radius 1 is 1.18 bits per heavy atom. The van der Waals surface area contributed by atoms with Crippen LogP contribution in [0.1, 0.15) is 84.4 Å². The zero-order valence-corrected chi connectivity index (χ0v) is 23.0. The molecule has 10 heteroatoms. The van der Waals surface area contributed by atoms with Crippen molar-refractivity contribution in [1.82, 2.24) is 20.1 Å². The van der Waals surface area contributed by atoms with Crippen LogP contribution in [0.25, 0.3) is 0 Å². The minimum Gasteiger partial charge on any atom is -0.378 e. The standard InChI is InChI=1S/C30H34F3N5O2/c1-4-40-22-14-29(15-22,27-36-35-18-37(27)3)20-7-5-8-21(13-20)38-17-24-23(26(38)39)11-19(12-25(24)30(31,32)33)16-34-28(2)9-6-10-28/h5,7-8,11-13,18,22,34H,4,6,9-10,14-17H2,1-3H3/t22-,29+. The molecular weight excluding hydrogens is 519 g/mol. The highest BCUT2D eigenvalue weighted by Gasteiger charge is 2.51. The van der Waals surface area contributed by atoms with Crippen molar-refractivity contribution in [2.24, 2.45) is 7.05 Å². The van der Waals surface area contributed by atoms with Gasteiger partial charge in [0.15, 0.2) is 0 Å². The molecule has 0 spiro atoms. The molecule has 1 aromatic heterocycles. The number of fused-ring (bicyclic) bond motifs is 1. The molecule has 7 nitrogen and oxygen atoms in total. The van der Waals surface area contributed by atoms with E-state index in [2.05, 4.69) is 22.4 Å². The number of halogens is 3. The van der Waals surface area contributed by atoms with Crippen molar-refractivity contribution in [3.8, 4) is 0 Å². The fourth-order valence-corrected chi connectivity index (χ4v) is 6.54. The van der Waals surface area contributed by atoms with E-state index in [1.165, 1.54) is 11.0 Å². The Balaban J connectivity index is 1.33. The highest BCUT2D eigenvalue weighted by Crippen LogP contribution is 2.50. The van der Waals surface area contributed by atoms with Gasteiger partial charge in [0.25, 0.3) is 5.91 Å². The van der Waals surface area contributed by atoms with E-state index in [1.807, 2.05) is 36.7 Å². The van der Waals surface area contributed by atoms with Gasteiger partial charge < -0.3 is 19.5 Å². The predicted molar refractivity (Wildman–Crippen MR) is 144 cm³/mol. The summed E-state index contributed by atoms with van der Waals surface area (Å²) in [6.07, 6.45) is 1.68. The highest BCUT2D eigenvalue weighted by molar-refractivity contribution is 6.10. The normalized spacial score (nSPS) is 23.6. The first-order valence-electron chi connectivity index (χ1n) is 13.9. The number of nitrogens with one attached hydrogen (secondary N) is 1. The Labute approximate surface area is 231 Å². The fourth-order valence-electron chi connectivity index (χ4n) is 6.54. The van der Waals surface area contributed by atoms with E-state index in [1.54, 1.807) is 18.5 Å². The topological polar surface area (TPSA) is 72.3 Å². The van der Waals surface area contributed by atoms with Gasteiger partial charge in [0.05, 0.1) is 23.6 Å². The van der Waals surface area contributed by atoms with Gasteiger partial charge in [-0.15, -0.1) is 10.2 Å². The lowest BCUT2D eigenvalue weighted by atomic mass is 9.62. The Morgan fingerprint density at radius 3 is 2.58 bits per heavy atom. The van der Waals surface area contributed by atoms with Gasteiger partial charge in [0.2, 0.25) is 0 Å². The molecule has 1 N–H and O–H groups in total.